The fourth-order valence-corrected chi connectivity index (χ4v) is 4.97. The lowest BCUT2D eigenvalue weighted by atomic mass is 10.0. The number of aromatic nitrogens is 2. The van der Waals surface area contributed by atoms with E-state index in [1.807, 2.05) is 61.5 Å². The highest BCUT2D eigenvalue weighted by atomic mass is 35.5. The Morgan fingerprint density at radius 3 is 2.46 bits per heavy atom. The Bertz CT molecular complexity index is 1490. The minimum atomic E-state index is -0.481. The zero-order valence-corrected chi connectivity index (χ0v) is 22.3. The molecular formula is C30H28ClN5O3. The predicted molar refractivity (Wildman–Crippen MR) is 152 cm³/mol. The average Bonchev–Trinajstić information content (AvgIpc) is 3.21. The number of rotatable bonds is 6. The fourth-order valence-electron chi connectivity index (χ4n) is 4.84. The quantitative estimate of drug-likeness (QED) is 0.221. The van der Waals surface area contributed by atoms with Gasteiger partial charge >= 0.3 is 0 Å². The lowest BCUT2D eigenvalue weighted by molar-refractivity contribution is -0.384. The van der Waals surface area contributed by atoms with E-state index in [1.165, 1.54) is 12.1 Å². The monoisotopic (exact) mass is 541 g/mol. The topological polar surface area (TPSA) is 92.5 Å². The van der Waals surface area contributed by atoms with E-state index in [0.29, 0.717) is 42.5 Å². The minimum absolute atomic E-state index is 0.0889. The molecule has 1 saturated heterocycles. The number of hydrogen-bond acceptors (Lipinski definition) is 6. The van der Waals surface area contributed by atoms with Gasteiger partial charge in [-0.3, -0.25) is 14.9 Å². The van der Waals surface area contributed by atoms with Crippen molar-refractivity contribution in [3.63, 3.8) is 0 Å². The third-order valence-corrected chi connectivity index (χ3v) is 7.16. The molecule has 1 aliphatic heterocycles. The van der Waals surface area contributed by atoms with Crippen molar-refractivity contribution >= 4 is 29.0 Å². The van der Waals surface area contributed by atoms with Gasteiger partial charge in [0.25, 0.3) is 11.6 Å². The summed E-state index contributed by atoms with van der Waals surface area (Å²) in [6, 6.07) is 23.6. The van der Waals surface area contributed by atoms with Gasteiger partial charge in [-0.15, -0.1) is 0 Å². The Hall–Kier alpha value is -4.30. The number of amides is 1. The number of benzene rings is 3. The smallest absolute Gasteiger partial charge is 0.270 e. The number of halogens is 1. The molecule has 0 unspecified atom stereocenters. The first-order chi connectivity index (χ1) is 18.9. The van der Waals surface area contributed by atoms with Gasteiger partial charge in [0.15, 0.2) is 5.82 Å². The molecule has 0 N–H and O–H groups in total. The lowest BCUT2D eigenvalue weighted by Crippen LogP contribution is -2.35. The number of carbonyl (C=O) groups is 1. The minimum Gasteiger partial charge on any atom is -0.354 e. The van der Waals surface area contributed by atoms with E-state index in [-0.39, 0.29) is 11.6 Å². The van der Waals surface area contributed by atoms with Gasteiger partial charge < -0.3 is 9.80 Å². The van der Waals surface area contributed by atoms with Gasteiger partial charge in [-0.05, 0) is 37.1 Å². The van der Waals surface area contributed by atoms with Gasteiger partial charge in [0.2, 0.25) is 0 Å². The van der Waals surface area contributed by atoms with Crippen molar-refractivity contribution in [2.24, 2.45) is 0 Å². The summed E-state index contributed by atoms with van der Waals surface area (Å²) in [6.07, 6.45) is 1.39. The van der Waals surface area contributed by atoms with Gasteiger partial charge in [-0.25, -0.2) is 9.97 Å². The third-order valence-electron chi connectivity index (χ3n) is 6.90. The molecule has 0 radical (unpaired) electrons. The molecular weight excluding hydrogens is 514 g/mol. The van der Waals surface area contributed by atoms with Gasteiger partial charge in [-0.1, -0.05) is 60.1 Å². The molecule has 0 aliphatic carbocycles. The Morgan fingerprint density at radius 2 is 1.72 bits per heavy atom. The molecule has 5 rings (SSSR count). The van der Waals surface area contributed by atoms with Crippen LogP contribution in [0.25, 0.3) is 11.4 Å². The van der Waals surface area contributed by atoms with Crippen LogP contribution in [0.5, 0.6) is 0 Å². The molecule has 2 heterocycles. The summed E-state index contributed by atoms with van der Waals surface area (Å²) >= 11 is 6.11. The van der Waals surface area contributed by atoms with E-state index in [9.17, 15) is 14.9 Å². The molecule has 0 bridgehead atoms. The molecule has 0 spiro atoms. The van der Waals surface area contributed by atoms with Crippen molar-refractivity contribution < 1.29 is 9.72 Å². The third kappa shape index (κ3) is 6.07. The summed E-state index contributed by atoms with van der Waals surface area (Å²) < 4.78 is 0. The van der Waals surface area contributed by atoms with Gasteiger partial charge in [0, 0.05) is 72.1 Å². The number of nitrogens with zero attached hydrogens (tertiary/aromatic N) is 5. The Morgan fingerprint density at radius 1 is 0.949 bits per heavy atom. The van der Waals surface area contributed by atoms with Crippen molar-refractivity contribution in [2.45, 2.75) is 19.8 Å². The summed E-state index contributed by atoms with van der Waals surface area (Å²) in [7, 11) is 0. The van der Waals surface area contributed by atoms with Crippen LogP contribution in [0.4, 0.5) is 11.5 Å². The van der Waals surface area contributed by atoms with E-state index in [0.717, 1.165) is 41.2 Å². The van der Waals surface area contributed by atoms with Crippen LogP contribution in [0.2, 0.25) is 5.02 Å². The van der Waals surface area contributed by atoms with Crippen LogP contribution in [0.3, 0.4) is 0 Å². The molecule has 4 aromatic rings. The maximum atomic E-state index is 13.2. The fraction of sp³-hybridized carbons (Fsp3) is 0.233. The second-order valence-corrected chi connectivity index (χ2v) is 9.98. The van der Waals surface area contributed by atoms with Crippen LogP contribution >= 0.6 is 11.6 Å². The standard InChI is InChI=1S/C30H28ClN5O3/c1-21-27(19-22-11-13-25(31)14-12-22)29(33-28(32-21)23-7-3-2-4-8-23)34-15-6-16-35(18-17-34)30(37)24-9-5-10-26(20-24)36(38)39/h2-5,7-14,20H,6,15-19H2,1H3. The van der Waals surface area contributed by atoms with E-state index in [4.69, 9.17) is 21.6 Å². The van der Waals surface area contributed by atoms with E-state index in [1.54, 1.807) is 17.0 Å². The maximum Gasteiger partial charge on any atom is 0.270 e. The molecule has 0 saturated carbocycles. The Balaban J connectivity index is 1.45. The van der Waals surface area contributed by atoms with Crippen LogP contribution in [0, 0.1) is 17.0 Å². The predicted octanol–water partition coefficient (Wildman–Crippen LogP) is 5.96. The van der Waals surface area contributed by atoms with Crippen molar-refractivity contribution in [2.75, 3.05) is 31.1 Å². The van der Waals surface area contributed by atoms with Crippen LogP contribution in [-0.2, 0) is 6.42 Å². The maximum absolute atomic E-state index is 13.2. The highest BCUT2D eigenvalue weighted by molar-refractivity contribution is 6.30. The van der Waals surface area contributed by atoms with Crippen molar-refractivity contribution in [3.05, 3.63) is 116 Å². The number of nitro benzene ring substituents is 1. The summed E-state index contributed by atoms with van der Waals surface area (Å²) in [5.41, 5.74) is 4.23. The molecule has 8 nitrogen and oxygen atoms in total. The SMILES string of the molecule is Cc1nc(-c2ccccc2)nc(N2CCCN(C(=O)c3cccc([N+](=O)[O-])c3)CC2)c1Cc1ccc(Cl)cc1. The molecule has 0 atom stereocenters. The van der Waals surface area contributed by atoms with E-state index < -0.39 is 4.92 Å². The molecule has 9 heteroatoms. The number of anilines is 1. The summed E-state index contributed by atoms with van der Waals surface area (Å²) in [6.45, 7) is 4.35. The Kier molecular flexibility index (Phi) is 7.84. The molecule has 3 aromatic carbocycles. The molecule has 198 valence electrons. The van der Waals surface area contributed by atoms with Crippen molar-refractivity contribution in [1.29, 1.82) is 0 Å². The normalized spacial score (nSPS) is 13.7. The number of non-ortho nitro benzene ring substituents is 1. The molecule has 1 fully saturated rings. The molecule has 1 aromatic heterocycles. The molecule has 1 amide bonds. The van der Waals surface area contributed by atoms with Gasteiger partial charge in [-0.2, -0.15) is 0 Å². The highest BCUT2D eigenvalue weighted by Crippen LogP contribution is 2.29. The van der Waals surface area contributed by atoms with Gasteiger partial charge in [0.05, 0.1) is 4.92 Å². The highest BCUT2D eigenvalue weighted by Gasteiger charge is 2.25. The molecule has 39 heavy (non-hydrogen) atoms. The van der Waals surface area contributed by atoms with Crippen LogP contribution in [0.15, 0.2) is 78.9 Å². The number of carbonyl (C=O) groups excluding carboxylic acids is 1. The average molecular weight is 542 g/mol. The van der Waals surface area contributed by atoms with Crippen LogP contribution in [-0.4, -0.2) is 51.9 Å². The van der Waals surface area contributed by atoms with E-state index >= 15 is 0 Å². The Labute approximate surface area is 232 Å². The lowest BCUT2D eigenvalue weighted by Gasteiger charge is -2.26. The number of nitro groups is 1. The van der Waals surface area contributed by atoms with E-state index in [2.05, 4.69) is 4.90 Å². The number of aryl methyl sites for hydroxylation is 1. The van der Waals surface area contributed by atoms with Crippen LogP contribution < -0.4 is 4.90 Å². The largest absolute Gasteiger partial charge is 0.354 e. The van der Waals surface area contributed by atoms with Crippen molar-refractivity contribution in [1.82, 2.24) is 14.9 Å². The second kappa shape index (κ2) is 11.6. The summed E-state index contributed by atoms with van der Waals surface area (Å²) in [5, 5.41) is 11.9. The van der Waals surface area contributed by atoms with Crippen molar-refractivity contribution in [3.8, 4) is 11.4 Å². The summed E-state index contributed by atoms with van der Waals surface area (Å²) in [5.74, 6) is 1.32. The zero-order valence-electron chi connectivity index (χ0n) is 21.6. The van der Waals surface area contributed by atoms with Crippen LogP contribution in [0.1, 0.15) is 33.6 Å². The first-order valence-corrected chi connectivity index (χ1v) is 13.2. The summed E-state index contributed by atoms with van der Waals surface area (Å²) in [4.78, 5) is 37.9. The van der Waals surface area contributed by atoms with Gasteiger partial charge in [0.1, 0.15) is 5.82 Å². The first-order valence-electron chi connectivity index (χ1n) is 12.8. The second-order valence-electron chi connectivity index (χ2n) is 9.54. The first kappa shape index (κ1) is 26.3. The number of hydrogen-bond donors (Lipinski definition) is 0. The molecule has 1 aliphatic rings. The zero-order chi connectivity index (χ0) is 27.4.